The van der Waals surface area contributed by atoms with Crippen molar-refractivity contribution in [2.24, 2.45) is 0 Å². The Bertz CT molecular complexity index is 532. The topological polar surface area (TPSA) is 57.8 Å². The quantitative estimate of drug-likeness (QED) is 0.861. The Morgan fingerprint density at radius 3 is 2.94 bits per heavy atom. The molecule has 0 bridgehead atoms. The van der Waals surface area contributed by atoms with Crippen molar-refractivity contribution in [2.45, 2.75) is 26.8 Å². The van der Waals surface area contributed by atoms with Crippen LogP contribution in [0, 0.1) is 13.8 Å². The first-order valence-electron chi connectivity index (χ1n) is 5.95. The molecule has 4 heteroatoms. The average Bonchev–Trinajstić information content (AvgIpc) is 2.84. The molecule has 18 heavy (non-hydrogen) atoms. The summed E-state index contributed by atoms with van der Waals surface area (Å²) in [5.74, 6) is 0.0323. The van der Waals surface area contributed by atoms with Crippen LogP contribution in [0.3, 0.4) is 0 Å². The first-order valence-corrected chi connectivity index (χ1v) is 5.95. The highest BCUT2D eigenvalue weighted by atomic mass is 16.1. The van der Waals surface area contributed by atoms with Crippen LogP contribution < -0.4 is 5.32 Å². The highest BCUT2D eigenvalue weighted by Crippen LogP contribution is 2.11. The number of hydrogen-bond acceptors (Lipinski definition) is 2. The number of nitrogens with one attached hydrogen (secondary N) is 2. The van der Waals surface area contributed by atoms with Gasteiger partial charge in [-0.05, 0) is 25.0 Å². The van der Waals surface area contributed by atoms with E-state index < -0.39 is 0 Å². The number of aromatic amines is 1. The second-order valence-corrected chi connectivity index (χ2v) is 4.49. The van der Waals surface area contributed by atoms with E-state index in [2.05, 4.69) is 27.6 Å². The largest absolute Gasteiger partial charge is 0.352 e. The third kappa shape index (κ3) is 3.20. The lowest BCUT2D eigenvalue weighted by atomic mass is 10.0. The summed E-state index contributed by atoms with van der Waals surface area (Å²) in [6.45, 7) is 4.57. The molecule has 94 valence electrons. The SMILES string of the molecule is Cc1ccc(C)c(CC(=O)NCc2cn[nH]c2)c1. The van der Waals surface area contributed by atoms with Crippen LogP contribution in [-0.4, -0.2) is 16.1 Å². The summed E-state index contributed by atoms with van der Waals surface area (Å²) >= 11 is 0. The monoisotopic (exact) mass is 243 g/mol. The molecule has 2 aromatic rings. The van der Waals surface area contributed by atoms with E-state index in [4.69, 9.17) is 0 Å². The molecule has 0 spiro atoms. The summed E-state index contributed by atoms with van der Waals surface area (Å²) in [6, 6.07) is 6.17. The number of nitrogens with zero attached hydrogens (tertiary/aromatic N) is 1. The number of carbonyl (C=O) groups excluding carboxylic acids is 1. The second-order valence-electron chi connectivity index (χ2n) is 4.49. The van der Waals surface area contributed by atoms with E-state index in [9.17, 15) is 4.79 Å². The van der Waals surface area contributed by atoms with E-state index in [0.29, 0.717) is 13.0 Å². The molecule has 2 rings (SSSR count). The number of carbonyl (C=O) groups is 1. The fraction of sp³-hybridized carbons (Fsp3) is 0.286. The van der Waals surface area contributed by atoms with Crippen LogP contribution in [-0.2, 0) is 17.8 Å². The molecule has 0 aliphatic heterocycles. The highest BCUT2D eigenvalue weighted by molar-refractivity contribution is 5.78. The Morgan fingerprint density at radius 2 is 2.22 bits per heavy atom. The zero-order valence-electron chi connectivity index (χ0n) is 10.7. The van der Waals surface area contributed by atoms with Crippen LogP contribution in [0.2, 0.25) is 0 Å². The van der Waals surface area contributed by atoms with Crippen molar-refractivity contribution < 1.29 is 4.79 Å². The van der Waals surface area contributed by atoms with Gasteiger partial charge in [-0.2, -0.15) is 5.10 Å². The summed E-state index contributed by atoms with van der Waals surface area (Å²) in [5, 5.41) is 9.43. The van der Waals surface area contributed by atoms with Crippen molar-refractivity contribution in [3.8, 4) is 0 Å². The van der Waals surface area contributed by atoms with Gasteiger partial charge in [0.15, 0.2) is 0 Å². The fourth-order valence-electron chi connectivity index (χ4n) is 1.80. The third-order valence-corrected chi connectivity index (χ3v) is 2.90. The van der Waals surface area contributed by atoms with Gasteiger partial charge in [0.1, 0.15) is 0 Å². The predicted molar refractivity (Wildman–Crippen MR) is 70.1 cm³/mol. The molecule has 0 saturated heterocycles. The summed E-state index contributed by atoms with van der Waals surface area (Å²) < 4.78 is 0. The highest BCUT2D eigenvalue weighted by Gasteiger charge is 2.06. The van der Waals surface area contributed by atoms with E-state index in [1.165, 1.54) is 5.56 Å². The third-order valence-electron chi connectivity index (χ3n) is 2.90. The molecule has 1 amide bonds. The van der Waals surface area contributed by atoms with Gasteiger partial charge in [0.25, 0.3) is 0 Å². The molecule has 1 aromatic heterocycles. The van der Waals surface area contributed by atoms with E-state index >= 15 is 0 Å². The second kappa shape index (κ2) is 5.49. The predicted octanol–water partition coefficient (Wildman–Crippen LogP) is 1.89. The zero-order chi connectivity index (χ0) is 13.0. The van der Waals surface area contributed by atoms with Gasteiger partial charge in [-0.3, -0.25) is 9.89 Å². The standard InChI is InChI=1S/C14H17N3O/c1-10-3-4-11(2)13(5-10)6-14(18)15-7-12-8-16-17-9-12/h3-5,8-9H,6-7H2,1-2H3,(H,15,18)(H,16,17). The van der Waals surface area contributed by atoms with Gasteiger partial charge in [0.2, 0.25) is 5.91 Å². The maximum atomic E-state index is 11.8. The Balaban J connectivity index is 1.92. The normalized spacial score (nSPS) is 10.3. The van der Waals surface area contributed by atoms with Crippen molar-refractivity contribution in [3.05, 3.63) is 52.8 Å². The van der Waals surface area contributed by atoms with Crippen molar-refractivity contribution in [3.63, 3.8) is 0 Å². The van der Waals surface area contributed by atoms with Gasteiger partial charge in [-0.25, -0.2) is 0 Å². The molecule has 0 radical (unpaired) electrons. The Labute approximate surface area is 106 Å². The molecule has 1 aromatic carbocycles. The summed E-state index contributed by atoms with van der Waals surface area (Å²) in [4.78, 5) is 11.8. The van der Waals surface area contributed by atoms with E-state index in [0.717, 1.165) is 16.7 Å². The van der Waals surface area contributed by atoms with Crippen LogP contribution in [0.4, 0.5) is 0 Å². The van der Waals surface area contributed by atoms with Crippen molar-refractivity contribution in [1.82, 2.24) is 15.5 Å². The molecule has 0 aliphatic rings. The van der Waals surface area contributed by atoms with Gasteiger partial charge in [-0.1, -0.05) is 23.8 Å². The van der Waals surface area contributed by atoms with Gasteiger partial charge in [0, 0.05) is 18.3 Å². The summed E-state index contributed by atoms with van der Waals surface area (Å²) in [7, 11) is 0. The molecule has 2 N–H and O–H groups in total. The summed E-state index contributed by atoms with van der Waals surface area (Å²) in [5.41, 5.74) is 4.39. The average molecular weight is 243 g/mol. The van der Waals surface area contributed by atoms with E-state index in [1.807, 2.05) is 19.9 Å². The number of amides is 1. The molecule has 0 atom stereocenters. The fourth-order valence-corrected chi connectivity index (χ4v) is 1.80. The molecular formula is C14H17N3O. The first-order chi connectivity index (χ1) is 8.65. The number of hydrogen-bond donors (Lipinski definition) is 2. The van der Waals surface area contributed by atoms with Gasteiger partial charge < -0.3 is 5.32 Å². The van der Waals surface area contributed by atoms with Crippen LogP contribution in [0.5, 0.6) is 0 Å². The van der Waals surface area contributed by atoms with Crippen LogP contribution in [0.25, 0.3) is 0 Å². The lowest BCUT2D eigenvalue weighted by Gasteiger charge is -2.07. The molecule has 1 heterocycles. The van der Waals surface area contributed by atoms with Crippen molar-refractivity contribution in [1.29, 1.82) is 0 Å². The van der Waals surface area contributed by atoms with Crippen LogP contribution >= 0.6 is 0 Å². The number of H-pyrrole nitrogens is 1. The minimum atomic E-state index is 0.0323. The minimum Gasteiger partial charge on any atom is -0.352 e. The number of aryl methyl sites for hydroxylation is 2. The van der Waals surface area contributed by atoms with Gasteiger partial charge >= 0.3 is 0 Å². The van der Waals surface area contributed by atoms with Crippen LogP contribution in [0.1, 0.15) is 22.3 Å². The Kier molecular flexibility index (Phi) is 3.77. The molecule has 4 nitrogen and oxygen atoms in total. The minimum absolute atomic E-state index is 0.0323. The van der Waals surface area contributed by atoms with Gasteiger partial charge in [-0.15, -0.1) is 0 Å². The van der Waals surface area contributed by atoms with E-state index in [1.54, 1.807) is 12.4 Å². The van der Waals surface area contributed by atoms with Crippen LogP contribution in [0.15, 0.2) is 30.6 Å². The molecule has 0 saturated carbocycles. The lowest BCUT2D eigenvalue weighted by Crippen LogP contribution is -2.24. The Hall–Kier alpha value is -2.10. The molecule has 0 aliphatic carbocycles. The van der Waals surface area contributed by atoms with Crippen molar-refractivity contribution in [2.75, 3.05) is 0 Å². The smallest absolute Gasteiger partial charge is 0.224 e. The molecule has 0 unspecified atom stereocenters. The molecular weight excluding hydrogens is 226 g/mol. The maximum Gasteiger partial charge on any atom is 0.224 e. The zero-order valence-corrected chi connectivity index (χ0v) is 10.7. The maximum absolute atomic E-state index is 11.8. The van der Waals surface area contributed by atoms with E-state index in [-0.39, 0.29) is 5.91 Å². The first kappa shape index (κ1) is 12.4. The number of benzene rings is 1. The molecule has 0 fully saturated rings. The van der Waals surface area contributed by atoms with Crippen molar-refractivity contribution >= 4 is 5.91 Å². The number of rotatable bonds is 4. The number of aromatic nitrogens is 2. The van der Waals surface area contributed by atoms with Gasteiger partial charge in [0.05, 0.1) is 12.6 Å². The lowest BCUT2D eigenvalue weighted by molar-refractivity contribution is -0.120. The Morgan fingerprint density at radius 1 is 1.39 bits per heavy atom. The summed E-state index contributed by atoms with van der Waals surface area (Å²) in [6.07, 6.45) is 3.90.